The fourth-order valence-corrected chi connectivity index (χ4v) is 4.19. The molecular weight excluding hydrogens is 390 g/mol. The molecule has 31 heavy (non-hydrogen) atoms. The summed E-state index contributed by atoms with van der Waals surface area (Å²) in [5.74, 6) is 0.589. The van der Waals surface area contributed by atoms with Crippen LogP contribution in [0.15, 0.2) is 59.7 Å². The molecule has 2 heterocycles. The predicted molar refractivity (Wildman–Crippen MR) is 120 cm³/mol. The van der Waals surface area contributed by atoms with Crippen LogP contribution in [0.3, 0.4) is 0 Å². The van der Waals surface area contributed by atoms with E-state index in [4.69, 9.17) is 5.10 Å². The van der Waals surface area contributed by atoms with Crippen molar-refractivity contribution in [1.82, 2.24) is 19.3 Å². The molecule has 1 aliphatic carbocycles. The highest BCUT2D eigenvalue weighted by molar-refractivity contribution is 5.91. The Kier molecular flexibility index (Phi) is 4.86. The molecule has 0 spiro atoms. The van der Waals surface area contributed by atoms with Gasteiger partial charge in [0.05, 0.1) is 28.6 Å². The first-order chi connectivity index (χ1) is 15.1. The van der Waals surface area contributed by atoms with Crippen molar-refractivity contribution in [3.63, 3.8) is 0 Å². The molecule has 0 atom stereocenters. The fraction of sp³-hybridized carbons (Fsp3) is 0.250. The van der Waals surface area contributed by atoms with E-state index in [0.717, 1.165) is 47.6 Å². The maximum atomic E-state index is 12.8. The number of carbonyl (C=O) groups excluding carboxylic acids is 1. The Hall–Kier alpha value is -3.74. The molecule has 7 heteroatoms. The number of rotatable bonds is 5. The number of hydrogen-bond acceptors (Lipinski definition) is 4. The van der Waals surface area contributed by atoms with Gasteiger partial charge < -0.3 is 5.32 Å². The first-order valence-corrected chi connectivity index (χ1v) is 10.5. The third-order valence-corrected chi connectivity index (χ3v) is 5.80. The maximum Gasteiger partial charge on any atom is 0.261 e. The van der Waals surface area contributed by atoms with Gasteiger partial charge in [-0.05, 0) is 49.9 Å². The van der Waals surface area contributed by atoms with Gasteiger partial charge in [0.1, 0.15) is 5.82 Å². The van der Waals surface area contributed by atoms with Crippen LogP contribution in [0.4, 0.5) is 5.82 Å². The summed E-state index contributed by atoms with van der Waals surface area (Å²) in [5, 5.41) is 8.35. The van der Waals surface area contributed by atoms with Crippen LogP contribution in [-0.4, -0.2) is 25.2 Å². The summed E-state index contributed by atoms with van der Waals surface area (Å²) in [6.45, 7) is 2.20. The number of carbonyl (C=O) groups is 1. The van der Waals surface area contributed by atoms with Gasteiger partial charge in [-0.2, -0.15) is 5.10 Å². The SMILES string of the molecule is Cc1cccc2c(=O)n(CCC(=O)Nc3c4c(nn3-c3ccccc3)CCC4)cnc12. The lowest BCUT2D eigenvalue weighted by Crippen LogP contribution is -2.24. The minimum Gasteiger partial charge on any atom is -0.310 e. The topological polar surface area (TPSA) is 81.8 Å². The van der Waals surface area contributed by atoms with Crippen LogP contribution in [0.1, 0.15) is 29.7 Å². The van der Waals surface area contributed by atoms with Gasteiger partial charge in [0.15, 0.2) is 0 Å². The van der Waals surface area contributed by atoms with Crippen molar-refractivity contribution in [3.8, 4) is 5.69 Å². The highest BCUT2D eigenvalue weighted by Gasteiger charge is 2.24. The van der Waals surface area contributed by atoms with Crippen molar-refractivity contribution < 1.29 is 4.79 Å². The second-order valence-corrected chi connectivity index (χ2v) is 7.89. The van der Waals surface area contributed by atoms with Crippen molar-refractivity contribution >= 4 is 22.6 Å². The Bertz CT molecular complexity index is 1340. The highest BCUT2D eigenvalue weighted by atomic mass is 16.2. The number of para-hydroxylation sites is 2. The summed E-state index contributed by atoms with van der Waals surface area (Å²) in [5.41, 5.74) is 4.61. The Morgan fingerprint density at radius 3 is 2.77 bits per heavy atom. The zero-order valence-electron chi connectivity index (χ0n) is 17.3. The average molecular weight is 413 g/mol. The van der Waals surface area contributed by atoms with E-state index >= 15 is 0 Å². The van der Waals surface area contributed by atoms with E-state index in [-0.39, 0.29) is 24.4 Å². The van der Waals surface area contributed by atoms with Gasteiger partial charge in [0.25, 0.3) is 5.56 Å². The summed E-state index contributed by atoms with van der Waals surface area (Å²) >= 11 is 0. The van der Waals surface area contributed by atoms with E-state index in [9.17, 15) is 9.59 Å². The summed E-state index contributed by atoms with van der Waals surface area (Å²) in [4.78, 5) is 30.0. The molecule has 0 aliphatic heterocycles. The summed E-state index contributed by atoms with van der Waals surface area (Å²) < 4.78 is 3.31. The molecule has 2 aromatic carbocycles. The summed E-state index contributed by atoms with van der Waals surface area (Å²) in [7, 11) is 0. The second-order valence-electron chi connectivity index (χ2n) is 7.89. The smallest absolute Gasteiger partial charge is 0.261 e. The Labute approximate surface area is 179 Å². The Morgan fingerprint density at radius 1 is 1.10 bits per heavy atom. The van der Waals surface area contributed by atoms with Gasteiger partial charge in [0, 0.05) is 18.5 Å². The average Bonchev–Trinajstić information content (AvgIpc) is 3.37. The van der Waals surface area contributed by atoms with Gasteiger partial charge in [0.2, 0.25) is 5.91 Å². The minimum atomic E-state index is -0.150. The lowest BCUT2D eigenvalue weighted by atomic mass is 10.1. The third-order valence-electron chi connectivity index (χ3n) is 5.80. The number of aryl methyl sites for hydroxylation is 3. The minimum absolute atomic E-state index is 0.128. The molecular formula is C24H23N5O2. The maximum absolute atomic E-state index is 12.8. The van der Waals surface area contributed by atoms with E-state index in [1.807, 2.05) is 54.1 Å². The third kappa shape index (κ3) is 3.52. The first-order valence-electron chi connectivity index (χ1n) is 10.5. The van der Waals surface area contributed by atoms with Gasteiger partial charge in [-0.3, -0.25) is 14.2 Å². The van der Waals surface area contributed by atoms with E-state index in [1.54, 1.807) is 6.07 Å². The molecule has 0 unspecified atom stereocenters. The lowest BCUT2D eigenvalue weighted by Gasteiger charge is -2.12. The molecule has 0 saturated heterocycles. The molecule has 7 nitrogen and oxygen atoms in total. The van der Waals surface area contributed by atoms with Crippen LogP contribution in [0.25, 0.3) is 16.6 Å². The number of amides is 1. The largest absolute Gasteiger partial charge is 0.310 e. The Morgan fingerprint density at radius 2 is 1.94 bits per heavy atom. The number of nitrogens with zero attached hydrogens (tertiary/aromatic N) is 4. The van der Waals surface area contributed by atoms with Gasteiger partial charge in [-0.25, -0.2) is 9.67 Å². The molecule has 0 fully saturated rings. The van der Waals surface area contributed by atoms with Crippen molar-refractivity contribution in [2.24, 2.45) is 0 Å². The molecule has 1 N–H and O–H groups in total. The molecule has 0 bridgehead atoms. The number of anilines is 1. The van der Waals surface area contributed by atoms with Crippen LogP contribution in [0.5, 0.6) is 0 Å². The van der Waals surface area contributed by atoms with Crippen LogP contribution in [0, 0.1) is 6.92 Å². The first kappa shape index (κ1) is 19.2. The zero-order chi connectivity index (χ0) is 21.4. The number of fused-ring (bicyclic) bond motifs is 2. The summed E-state index contributed by atoms with van der Waals surface area (Å²) in [6, 6.07) is 15.4. The molecule has 0 saturated carbocycles. The Balaban J connectivity index is 1.37. The quantitative estimate of drug-likeness (QED) is 0.544. The standard InChI is InChI=1S/C24H23N5O2/c1-16-7-5-11-19-22(16)25-15-28(24(19)31)14-13-21(30)26-23-18-10-6-12-20(18)27-29(23)17-8-3-2-4-9-17/h2-5,7-9,11,15H,6,10,12-14H2,1H3,(H,26,30). The van der Waals surface area contributed by atoms with Crippen LogP contribution in [0.2, 0.25) is 0 Å². The van der Waals surface area contributed by atoms with E-state index in [1.165, 1.54) is 10.9 Å². The van der Waals surface area contributed by atoms with Crippen molar-refractivity contribution in [2.45, 2.75) is 39.2 Å². The molecule has 156 valence electrons. The highest BCUT2D eigenvalue weighted by Crippen LogP contribution is 2.31. The van der Waals surface area contributed by atoms with Crippen LogP contribution >= 0.6 is 0 Å². The number of aromatic nitrogens is 4. The van der Waals surface area contributed by atoms with E-state index in [2.05, 4.69) is 10.3 Å². The number of benzene rings is 2. The number of nitrogens with one attached hydrogen (secondary N) is 1. The van der Waals surface area contributed by atoms with Gasteiger partial charge in [-0.15, -0.1) is 0 Å². The number of hydrogen-bond donors (Lipinski definition) is 1. The monoisotopic (exact) mass is 413 g/mol. The van der Waals surface area contributed by atoms with Gasteiger partial charge in [-0.1, -0.05) is 30.3 Å². The molecule has 0 radical (unpaired) electrons. The van der Waals surface area contributed by atoms with Gasteiger partial charge >= 0.3 is 0 Å². The van der Waals surface area contributed by atoms with Crippen LogP contribution in [-0.2, 0) is 24.2 Å². The van der Waals surface area contributed by atoms with E-state index in [0.29, 0.717) is 10.9 Å². The van der Waals surface area contributed by atoms with Crippen molar-refractivity contribution in [1.29, 1.82) is 0 Å². The molecule has 2 aromatic heterocycles. The molecule has 1 amide bonds. The predicted octanol–water partition coefficient (Wildman–Crippen LogP) is 3.41. The van der Waals surface area contributed by atoms with Crippen LogP contribution < -0.4 is 10.9 Å². The molecule has 5 rings (SSSR count). The normalized spacial score (nSPS) is 12.8. The van der Waals surface area contributed by atoms with Crippen molar-refractivity contribution in [2.75, 3.05) is 5.32 Å². The molecule has 1 aliphatic rings. The lowest BCUT2D eigenvalue weighted by molar-refractivity contribution is -0.116. The molecule has 4 aromatic rings. The van der Waals surface area contributed by atoms with Crippen molar-refractivity contribution in [3.05, 3.63) is 82.0 Å². The fourth-order valence-electron chi connectivity index (χ4n) is 4.19. The summed E-state index contributed by atoms with van der Waals surface area (Å²) in [6.07, 6.45) is 4.58. The van der Waals surface area contributed by atoms with E-state index < -0.39 is 0 Å². The second kappa shape index (κ2) is 7.83. The zero-order valence-corrected chi connectivity index (χ0v) is 17.3.